The summed E-state index contributed by atoms with van der Waals surface area (Å²) in [6, 6.07) is 4.07. The molecule has 2 N–H and O–H groups in total. The van der Waals surface area contributed by atoms with Gasteiger partial charge in [0.2, 0.25) is 21.8 Å². The number of ketones is 1. The van der Waals surface area contributed by atoms with Crippen LogP contribution in [0.5, 0.6) is 6.01 Å². The van der Waals surface area contributed by atoms with Crippen LogP contribution in [0.25, 0.3) is 21.6 Å². The summed E-state index contributed by atoms with van der Waals surface area (Å²) in [4.78, 5) is 68.8. The summed E-state index contributed by atoms with van der Waals surface area (Å²) in [5.41, 5.74) is 0.619. The maximum Gasteiger partial charge on any atom is 0.408 e. The molecular weight excluding hydrogens is 841 g/mol. The zero-order chi connectivity index (χ0) is 46.0. The fraction of sp³-hybridized carbons (Fsp3) is 0.660. The van der Waals surface area contributed by atoms with Gasteiger partial charge in [0.15, 0.2) is 5.78 Å². The molecule has 1 aliphatic heterocycles. The summed E-state index contributed by atoms with van der Waals surface area (Å²) < 4.78 is 42.2. The minimum Gasteiger partial charge on any atom is -0.459 e. The van der Waals surface area contributed by atoms with E-state index >= 15 is 0 Å². The third-order valence-electron chi connectivity index (χ3n) is 13.6. The van der Waals surface area contributed by atoms with Crippen LogP contribution in [0.4, 0.5) is 4.79 Å². The standard InChI is InChI=1S/C47H66N6O8S2/c1-12-30-23-47(30,41(56)51-63(58,59)46(11)21-22-46)24-34(54)37-28(4)35(25-52(37)40(55)38(44(5,6)7)50-43(57)61-45(8,9)10)60-42-49-36-31(19-16-20-33(36)53(42)27(2)3)39-48-32(26-62-39)29-17-14-13-15-18-29/h12,16,19-20,26-30,35,37-38H,1,13-15,17-18,21-25H2,2-11H3,(H,50,57)(H,51,56)/t28?,30-,35+,37+,38-,47-/m1/s1. The zero-order valence-electron chi connectivity index (χ0n) is 38.6. The molecule has 6 atom stereocenters. The SMILES string of the molecule is C=C[C@@H]1C[C@]1(CC(=O)[C@@H]1C(C)[C@@H](Oc2nc3c(-c4nc(C5CCCCC5)cs4)cccc3n2C(C)C)CN1C(=O)[C@@H](NC(=O)OC(C)(C)C)C(C)(C)C)C(=O)NS(=O)(=O)C1(C)CC1. The fourth-order valence-electron chi connectivity index (χ4n) is 9.42. The van der Waals surface area contributed by atoms with Gasteiger partial charge in [-0.25, -0.2) is 18.2 Å². The van der Waals surface area contributed by atoms with Crippen LogP contribution in [0, 0.1) is 22.7 Å². The number of likely N-dealkylation sites (tertiary alicyclic amines) is 1. The number of nitrogens with zero attached hydrogens (tertiary/aromatic N) is 4. The van der Waals surface area contributed by atoms with Crippen LogP contribution < -0.4 is 14.8 Å². The highest BCUT2D eigenvalue weighted by atomic mass is 32.2. The minimum absolute atomic E-state index is 0.0266. The van der Waals surface area contributed by atoms with Crippen LogP contribution in [-0.4, -0.2) is 86.6 Å². The summed E-state index contributed by atoms with van der Waals surface area (Å²) in [5.74, 6) is -2.26. The third-order valence-corrected chi connectivity index (χ3v) is 16.7. The van der Waals surface area contributed by atoms with Crippen molar-refractivity contribution in [1.29, 1.82) is 0 Å². The number of amides is 3. The van der Waals surface area contributed by atoms with Gasteiger partial charge in [0.1, 0.15) is 28.3 Å². The van der Waals surface area contributed by atoms with Gasteiger partial charge in [-0.1, -0.05) is 59.1 Å². The molecule has 3 aromatic rings. The van der Waals surface area contributed by atoms with Gasteiger partial charge in [0.05, 0.1) is 34.0 Å². The van der Waals surface area contributed by atoms with Crippen molar-refractivity contribution in [2.45, 2.75) is 168 Å². The molecule has 344 valence electrons. The minimum atomic E-state index is -3.99. The monoisotopic (exact) mass is 906 g/mol. The smallest absolute Gasteiger partial charge is 0.408 e. The lowest BCUT2D eigenvalue weighted by Crippen LogP contribution is -2.58. The van der Waals surface area contributed by atoms with Crippen molar-refractivity contribution in [2.75, 3.05) is 6.54 Å². The average Bonchev–Trinajstić information content (AvgIpc) is 3.93. The fourth-order valence-corrected chi connectivity index (χ4v) is 11.7. The van der Waals surface area contributed by atoms with Gasteiger partial charge in [-0.15, -0.1) is 17.9 Å². The topological polar surface area (TPSA) is 179 Å². The lowest BCUT2D eigenvalue weighted by Gasteiger charge is -2.36. The van der Waals surface area contributed by atoms with Gasteiger partial charge in [0.25, 0.3) is 6.01 Å². The number of aromatic nitrogens is 3. The van der Waals surface area contributed by atoms with E-state index in [9.17, 15) is 27.6 Å². The molecule has 1 saturated heterocycles. The van der Waals surface area contributed by atoms with E-state index in [2.05, 4.69) is 22.0 Å². The van der Waals surface area contributed by atoms with E-state index < -0.39 is 84.9 Å². The molecule has 1 unspecified atom stereocenters. The molecule has 0 radical (unpaired) electrons. The molecule has 4 aliphatic rings. The highest BCUT2D eigenvalue weighted by molar-refractivity contribution is 7.91. The number of ether oxygens (including phenoxy) is 2. The van der Waals surface area contributed by atoms with Crippen LogP contribution in [0.2, 0.25) is 0 Å². The number of fused-ring (bicyclic) bond motifs is 1. The van der Waals surface area contributed by atoms with E-state index in [4.69, 9.17) is 19.4 Å². The molecule has 0 bridgehead atoms. The van der Waals surface area contributed by atoms with E-state index in [1.54, 1.807) is 45.1 Å². The van der Waals surface area contributed by atoms with Crippen LogP contribution >= 0.6 is 11.3 Å². The number of para-hydroxylation sites is 1. The van der Waals surface area contributed by atoms with Gasteiger partial charge in [0, 0.05) is 35.2 Å². The second kappa shape index (κ2) is 16.9. The van der Waals surface area contributed by atoms with Gasteiger partial charge in [-0.3, -0.25) is 23.7 Å². The molecule has 14 nitrogen and oxygen atoms in total. The number of Topliss-reactive ketones (excluding diaryl/α,β-unsaturated/α-hetero) is 1. The maximum atomic E-state index is 15.0. The Hall–Kier alpha value is -4.31. The molecule has 16 heteroatoms. The number of carbonyl (C=O) groups excluding carboxylic acids is 4. The summed E-state index contributed by atoms with van der Waals surface area (Å²) in [6.07, 6.45) is 6.85. The maximum absolute atomic E-state index is 15.0. The quantitative estimate of drug-likeness (QED) is 0.149. The zero-order valence-corrected chi connectivity index (χ0v) is 40.2. The second-order valence-corrected chi connectivity index (χ2v) is 24.1. The predicted octanol–water partition coefficient (Wildman–Crippen LogP) is 8.47. The van der Waals surface area contributed by atoms with Crippen molar-refractivity contribution in [1.82, 2.24) is 29.5 Å². The molecule has 0 spiro atoms. The van der Waals surface area contributed by atoms with Crippen LogP contribution in [0.15, 0.2) is 36.2 Å². The number of sulfonamides is 1. The molecule has 3 amide bonds. The number of rotatable bonds is 14. The molecular formula is C47H66N6O8S2. The van der Waals surface area contributed by atoms with Crippen LogP contribution in [-0.2, 0) is 29.1 Å². The summed E-state index contributed by atoms with van der Waals surface area (Å²) >= 11 is 1.62. The first-order valence-corrected chi connectivity index (χ1v) is 24.9. The van der Waals surface area contributed by atoms with E-state index in [-0.39, 0.29) is 25.4 Å². The summed E-state index contributed by atoms with van der Waals surface area (Å²) in [7, 11) is -3.99. The van der Waals surface area contributed by atoms with Crippen LogP contribution in [0.1, 0.15) is 145 Å². The molecule has 7 rings (SSSR count). The van der Waals surface area contributed by atoms with Gasteiger partial charge < -0.3 is 19.7 Å². The number of alkyl carbamates (subject to hydrolysis) is 1. The van der Waals surface area contributed by atoms with Crippen molar-refractivity contribution in [2.24, 2.45) is 22.7 Å². The molecule has 3 saturated carbocycles. The van der Waals surface area contributed by atoms with Crippen LogP contribution in [0.3, 0.4) is 0 Å². The third kappa shape index (κ3) is 9.30. The van der Waals surface area contributed by atoms with Gasteiger partial charge in [-0.05, 0) is 97.1 Å². The first kappa shape index (κ1) is 46.7. The van der Waals surface area contributed by atoms with E-state index in [1.807, 2.05) is 64.3 Å². The van der Waals surface area contributed by atoms with E-state index in [0.717, 1.165) is 40.1 Å². The number of benzene rings is 1. The lowest BCUT2D eigenvalue weighted by atomic mass is 9.84. The Morgan fingerprint density at radius 2 is 1.73 bits per heavy atom. The Morgan fingerprint density at radius 3 is 2.32 bits per heavy atom. The predicted molar refractivity (Wildman–Crippen MR) is 244 cm³/mol. The van der Waals surface area contributed by atoms with Gasteiger partial charge in [-0.2, -0.15) is 4.98 Å². The van der Waals surface area contributed by atoms with Gasteiger partial charge >= 0.3 is 6.09 Å². The number of hydrogen-bond donors (Lipinski definition) is 2. The molecule has 2 aromatic heterocycles. The van der Waals surface area contributed by atoms with Crippen molar-refractivity contribution >= 4 is 56.1 Å². The second-order valence-electron chi connectivity index (χ2n) is 21.1. The number of nitrogens with one attached hydrogen (secondary N) is 2. The molecule has 4 fully saturated rings. The number of thiazole rings is 1. The Kier molecular flexibility index (Phi) is 12.5. The largest absolute Gasteiger partial charge is 0.459 e. The number of carbonyl (C=O) groups is 4. The summed E-state index contributed by atoms with van der Waals surface area (Å²) in [5, 5.41) is 5.85. The molecule has 3 aliphatic carbocycles. The Morgan fingerprint density at radius 1 is 1.05 bits per heavy atom. The lowest BCUT2D eigenvalue weighted by molar-refractivity contribution is -0.143. The molecule has 3 heterocycles. The average molecular weight is 907 g/mol. The highest BCUT2D eigenvalue weighted by Crippen LogP contribution is 2.57. The van der Waals surface area contributed by atoms with E-state index in [1.165, 1.54) is 24.2 Å². The number of imidazole rings is 1. The first-order chi connectivity index (χ1) is 29.4. The summed E-state index contributed by atoms with van der Waals surface area (Å²) in [6.45, 7) is 22.0. The number of hydrogen-bond acceptors (Lipinski definition) is 11. The molecule has 63 heavy (non-hydrogen) atoms. The first-order valence-electron chi connectivity index (χ1n) is 22.5. The van der Waals surface area contributed by atoms with Crippen molar-refractivity contribution in [3.05, 3.63) is 41.9 Å². The number of allylic oxidation sites excluding steroid dienone is 1. The van der Waals surface area contributed by atoms with Crippen molar-refractivity contribution in [3.8, 4) is 16.6 Å². The Bertz CT molecular complexity index is 2380. The highest BCUT2D eigenvalue weighted by Gasteiger charge is 2.63. The van der Waals surface area contributed by atoms with E-state index in [0.29, 0.717) is 24.8 Å². The molecule has 1 aromatic carbocycles. The normalized spacial score (nSPS) is 25.4. The Labute approximate surface area is 376 Å². The van der Waals surface area contributed by atoms with Crippen molar-refractivity contribution in [3.63, 3.8) is 0 Å². The Balaban J connectivity index is 1.23. The van der Waals surface area contributed by atoms with Crippen molar-refractivity contribution < 1.29 is 37.1 Å².